The normalized spacial score (nSPS) is 17.0. The number of nitro benzene ring substituents is 1. The van der Waals surface area contributed by atoms with Crippen LogP contribution in [0, 0.1) is 17.0 Å². The van der Waals surface area contributed by atoms with Gasteiger partial charge in [-0.05, 0) is 42.8 Å². The Morgan fingerprint density at radius 2 is 1.88 bits per heavy atom. The number of non-ortho nitro benzene ring substituents is 1. The Morgan fingerprint density at radius 3 is 2.48 bits per heavy atom. The van der Waals surface area contributed by atoms with Crippen LogP contribution in [0.5, 0.6) is 5.75 Å². The van der Waals surface area contributed by atoms with Crippen molar-refractivity contribution in [2.45, 2.75) is 19.4 Å². The average Bonchev–Trinajstić information content (AvgIpc) is 2.82. The number of anilines is 2. The summed E-state index contributed by atoms with van der Waals surface area (Å²) in [6.07, 6.45) is -0.0177. The largest absolute Gasteiger partial charge is 0.508 e. The minimum absolute atomic E-state index is 0.0177. The van der Waals surface area contributed by atoms with Gasteiger partial charge in [-0.25, -0.2) is 4.90 Å². The van der Waals surface area contributed by atoms with E-state index in [0.29, 0.717) is 16.9 Å². The van der Waals surface area contributed by atoms with Crippen LogP contribution in [0.2, 0.25) is 0 Å². The first-order chi connectivity index (χ1) is 11.9. The smallest absolute Gasteiger partial charge is 0.269 e. The summed E-state index contributed by atoms with van der Waals surface area (Å²) in [6, 6.07) is 9.30. The number of aryl methyl sites for hydroxylation is 1. The van der Waals surface area contributed by atoms with Gasteiger partial charge in [0.1, 0.15) is 11.8 Å². The van der Waals surface area contributed by atoms with Crippen molar-refractivity contribution in [1.29, 1.82) is 0 Å². The van der Waals surface area contributed by atoms with Crippen molar-refractivity contribution in [1.82, 2.24) is 0 Å². The molecule has 1 saturated heterocycles. The zero-order valence-corrected chi connectivity index (χ0v) is 13.3. The number of hydrogen-bond acceptors (Lipinski definition) is 6. The fourth-order valence-corrected chi connectivity index (χ4v) is 2.77. The maximum atomic E-state index is 12.6. The van der Waals surface area contributed by atoms with Gasteiger partial charge in [-0.2, -0.15) is 0 Å². The van der Waals surface area contributed by atoms with E-state index in [2.05, 4.69) is 5.32 Å². The molecule has 1 unspecified atom stereocenters. The molecule has 2 N–H and O–H groups in total. The highest BCUT2D eigenvalue weighted by molar-refractivity contribution is 6.23. The van der Waals surface area contributed by atoms with Crippen molar-refractivity contribution >= 4 is 28.9 Å². The number of carbonyl (C=O) groups is 2. The molecule has 2 aromatic rings. The fraction of sp³-hybridized carbons (Fsp3) is 0.176. The van der Waals surface area contributed by atoms with Crippen LogP contribution in [0.1, 0.15) is 12.0 Å². The van der Waals surface area contributed by atoms with Crippen molar-refractivity contribution in [3.05, 3.63) is 58.1 Å². The first-order valence-electron chi connectivity index (χ1n) is 7.54. The zero-order chi connectivity index (χ0) is 18.1. The molecule has 3 rings (SSSR count). The molecule has 0 saturated carbocycles. The topological polar surface area (TPSA) is 113 Å². The number of hydrogen-bond donors (Lipinski definition) is 2. The number of nitrogens with zero attached hydrogens (tertiary/aromatic N) is 2. The maximum Gasteiger partial charge on any atom is 0.269 e. The number of nitro groups is 1. The van der Waals surface area contributed by atoms with E-state index >= 15 is 0 Å². The number of benzene rings is 2. The molecular formula is C17H15N3O5. The van der Waals surface area contributed by atoms with Gasteiger partial charge in [0.25, 0.3) is 11.6 Å². The first kappa shape index (κ1) is 16.4. The van der Waals surface area contributed by atoms with Crippen LogP contribution < -0.4 is 10.2 Å². The van der Waals surface area contributed by atoms with Crippen LogP contribution in [0.3, 0.4) is 0 Å². The number of imide groups is 1. The minimum atomic E-state index is -0.748. The molecule has 0 bridgehead atoms. The molecule has 1 heterocycles. The van der Waals surface area contributed by atoms with Crippen molar-refractivity contribution in [2.75, 3.05) is 10.2 Å². The number of aromatic hydroxyl groups is 1. The Hall–Kier alpha value is -3.42. The molecule has 1 fully saturated rings. The van der Waals surface area contributed by atoms with Crippen LogP contribution >= 0.6 is 0 Å². The highest BCUT2D eigenvalue weighted by Crippen LogP contribution is 2.30. The molecule has 2 aromatic carbocycles. The highest BCUT2D eigenvalue weighted by atomic mass is 16.6. The van der Waals surface area contributed by atoms with Crippen LogP contribution in [0.4, 0.5) is 17.1 Å². The van der Waals surface area contributed by atoms with Crippen molar-refractivity contribution in [2.24, 2.45) is 0 Å². The van der Waals surface area contributed by atoms with Gasteiger partial charge in [0.2, 0.25) is 5.91 Å². The third-order valence-electron chi connectivity index (χ3n) is 3.99. The standard InChI is InChI=1S/C17H15N3O5/c1-10-8-13(21)6-7-15(10)19-16(22)9-14(17(19)23)18-11-2-4-12(5-3-11)20(24)25/h2-8,14,18,21H,9H2,1H3. The van der Waals surface area contributed by atoms with Crippen LogP contribution in [-0.2, 0) is 9.59 Å². The van der Waals surface area contributed by atoms with E-state index in [4.69, 9.17) is 0 Å². The number of nitrogens with one attached hydrogen (secondary N) is 1. The van der Waals surface area contributed by atoms with Gasteiger partial charge in [-0.1, -0.05) is 0 Å². The summed E-state index contributed by atoms with van der Waals surface area (Å²) in [5.74, 6) is -0.698. The SMILES string of the molecule is Cc1cc(O)ccc1N1C(=O)CC(Nc2ccc([N+](=O)[O-])cc2)C1=O. The van der Waals surface area contributed by atoms with Gasteiger partial charge in [0, 0.05) is 17.8 Å². The Morgan fingerprint density at radius 1 is 1.20 bits per heavy atom. The van der Waals surface area contributed by atoms with E-state index in [-0.39, 0.29) is 23.8 Å². The Balaban J connectivity index is 1.80. The summed E-state index contributed by atoms with van der Waals surface area (Å²) in [5, 5.41) is 23.1. The van der Waals surface area contributed by atoms with Crippen LogP contribution in [0.15, 0.2) is 42.5 Å². The van der Waals surface area contributed by atoms with E-state index in [1.54, 1.807) is 6.92 Å². The number of rotatable bonds is 4. The summed E-state index contributed by atoms with van der Waals surface area (Å²) in [6.45, 7) is 1.70. The molecule has 0 radical (unpaired) electrons. The quantitative estimate of drug-likeness (QED) is 0.501. The van der Waals surface area contributed by atoms with Crippen molar-refractivity contribution in [3.63, 3.8) is 0 Å². The Kier molecular flexibility index (Phi) is 4.10. The molecular weight excluding hydrogens is 326 g/mol. The maximum absolute atomic E-state index is 12.6. The second-order valence-electron chi connectivity index (χ2n) is 5.74. The van der Waals surface area contributed by atoms with E-state index in [1.165, 1.54) is 42.5 Å². The predicted octanol–water partition coefficient (Wildman–Crippen LogP) is 2.35. The second-order valence-corrected chi connectivity index (χ2v) is 5.74. The predicted molar refractivity (Wildman–Crippen MR) is 90.5 cm³/mol. The molecule has 2 amide bonds. The molecule has 1 aliphatic heterocycles. The highest BCUT2D eigenvalue weighted by Gasteiger charge is 2.40. The summed E-state index contributed by atoms with van der Waals surface area (Å²) in [5.41, 5.74) is 1.50. The molecule has 1 atom stereocenters. The lowest BCUT2D eigenvalue weighted by atomic mass is 10.1. The number of carbonyl (C=O) groups excluding carboxylic acids is 2. The molecule has 128 valence electrons. The third-order valence-corrected chi connectivity index (χ3v) is 3.99. The minimum Gasteiger partial charge on any atom is -0.508 e. The Labute approximate surface area is 142 Å². The molecule has 0 spiro atoms. The van der Waals surface area contributed by atoms with Crippen LogP contribution in [0.25, 0.3) is 0 Å². The van der Waals surface area contributed by atoms with Crippen LogP contribution in [-0.4, -0.2) is 27.9 Å². The van der Waals surface area contributed by atoms with Gasteiger partial charge in [0.05, 0.1) is 17.0 Å². The fourth-order valence-electron chi connectivity index (χ4n) is 2.77. The van der Waals surface area contributed by atoms with Gasteiger partial charge in [0.15, 0.2) is 0 Å². The molecule has 0 aliphatic carbocycles. The second kappa shape index (κ2) is 6.23. The molecule has 25 heavy (non-hydrogen) atoms. The summed E-state index contributed by atoms with van der Waals surface area (Å²) in [7, 11) is 0. The van der Waals surface area contributed by atoms with Crippen molar-refractivity contribution < 1.29 is 19.6 Å². The number of phenols is 1. The summed E-state index contributed by atoms with van der Waals surface area (Å²) < 4.78 is 0. The van der Waals surface area contributed by atoms with E-state index in [1.807, 2.05) is 0 Å². The third kappa shape index (κ3) is 3.14. The van der Waals surface area contributed by atoms with E-state index in [0.717, 1.165) is 4.90 Å². The van der Waals surface area contributed by atoms with E-state index < -0.39 is 16.9 Å². The van der Waals surface area contributed by atoms with Crippen molar-refractivity contribution in [3.8, 4) is 5.75 Å². The lowest BCUT2D eigenvalue weighted by molar-refractivity contribution is -0.384. The first-order valence-corrected chi connectivity index (χ1v) is 7.54. The molecule has 8 heteroatoms. The number of phenolic OH excluding ortho intramolecular Hbond substituents is 1. The molecule has 8 nitrogen and oxygen atoms in total. The number of amides is 2. The monoisotopic (exact) mass is 341 g/mol. The molecule has 1 aliphatic rings. The Bertz CT molecular complexity index is 863. The van der Waals surface area contributed by atoms with Gasteiger partial charge in [-0.3, -0.25) is 19.7 Å². The van der Waals surface area contributed by atoms with Gasteiger partial charge < -0.3 is 10.4 Å². The lowest BCUT2D eigenvalue weighted by Gasteiger charge is -2.18. The van der Waals surface area contributed by atoms with Gasteiger partial charge >= 0.3 is 0 Å². The molecule has 0 aromatic heterocycles. The summed E-state index contributed by atoms with van der Waals surface area (Å²) in [4.78, 5) is 36.1. The van der Waals surface area contributed by atoms with Gasteiger partial charge in [-0.15, -0.1) is 0 Å². The zero-order valence-electron chi connectivity index (χ0n) is 13.3. The average molecular weight is 341 g/mol. The van der Waals surface area contributed by atoms with E-state index in [9.17, 15) is 24.8 Å². The lowest BCUT2D eigenvalue weighted by Crippen LogP contribution is -2.35. The summed E-state index contributed by atoms with van der Waals surface area (Å²) >= 11 is 0.